The van der Waals surface area contributed by atoms with Crippen molar-refractivity contribution in [2.24, 2.45) is 0 Å². The van der Waals surface area contributed by atoms with E-state index in [-0.39, 0.29) is 0 Å². The summed E-state index contributed by atoms with van der Waals surface area (Å²) in [6, 6.07) is 3.51. The van der Waals surface area contributed by atoms with E-state index in [1.54, 1.807) is 26.0 Å². The molecule has 0 unspecified atom stereocenters. The van der Waals surface area contributed by atoms with E-state index in [2.05, 4.69) is 10.1 Å². The fourth-order valence-electron chi connectivity index (χ4n) is 2.54. The maximum Gasteiger partial charge on any atom is 0.261 e. The number of rotatable bonds is 3. The molecule has 3 nitrogen and oxygen atoms in total. The van der Waals surface area contributed by atoms with Crippen LogP contribution < -0.4 is 10.1 Å². The van der Waals surface area contributed by atoms with Crippen LogP contribution in [0.4, 0.5) is 23.2 Å². The summed E-state index contributed by atoms with van der Waals surface area (Å²) in [6.45, 7) is 5.23. The molecule has 0 atom stereocenters. The Hall–Kier alpha value is -2.57. The van der Waals surface area contributed by atoms with Crippen molar-refractivity contribution in [3.8, 4) is 5.75 Å². The lowest BCUT2D eigenvalue weighted by molar-refractivity contribution is 0.101. The van der Waals surface area contributed by atoms with Gasteiger partial charge in [0.1, 0.15) is 5.56 Å². The molecule has 0 saturated heterocycles. The maximum absolute atomic E-state index is 14.0. The topological polar surface area (TPSA) is 38.3 Å². The fraction of sp³-hybridized carbons (Fsp3) is 0.235. The van der Waals surface area contributed by atoms with Gasteiger partial charge in [0.15, 0.2) is 17.4 Å². The largest absolute Gasteiger partial charge is 0.491 e. The standard InChI is InChI=1S/C17H15F4NO2/c1-7-5-8(2)15(9(3)6-7)22-17(23)10-11(18)13(20)16(24-4)14(21)12(10)19/h5-6H,1-4H3,(H,22,23). The van der Waals surface area contributed by atoms with Gasteiger partial charge in [0, 0.05) is 5.69 Å². The van der Waals surface area contributed by atoms with E-state index in [1.807, 2.05) is 6.92 Å². The van der Waals surface area contributed by atoms with Crippen molar-refractivity contribution >= 4 is 11.6 Å². The predicted molar refractivity (Wildman–Crippen MR) is 81.4 cm³/mol. The highest BCUT2D eigenvalue weighted by Crippen LogP contribution is 2.31. The molecule has 1 amide bonds. The van der Waals surface area contributed by atoms with Crippen LogP contribution in [0.15, 0.2) is 12.1 Å². The lowest BCUT2D eigenvalue weighted by Gasteiger charge is -2.15. The van der Waals surface area contributed by atoms with E-state index in [0.717, 1.165) is 12.7 Å². The number of halogens is 4. The Morgan fingerprint density at radius 1 is 0.917 bits per heavy atom. The van der Waals surface area contributed by atoms with Crippen LogP contribution in [0.5, 0.6) is 5.75 Å². The molecule has 24 heavy (non-hydrogen) atoms. The van der Waals surface area contributed by atoms with Crippen LogP contribution in [0.25, 0.3) is 0 Å². The van der Waals surface area contributed by atoms with Crippen LogP contribution in [-0.2, 0) is 0 Å². The van der Waals surface area contributed by atoms with Gasteiger partial charge in [0.25, 0.3) is 5.91 Å². The molecule has 0 fully saturated rings. The zero-order valence-corrected chi connectivity index (χ0v) is 13.5. The molecule has 2 rings (SSSR count). The first kappa shape index (κ1) is 17.8. The van der Waals surface area contributed by atoms with Crippen molar-refractivity contribution in [1.29, 1.82) is 0 Å². The molecule has 0 spiro atoms. The van der Waals surface area contributed by atoms with Gasteiger partial charge >= 0.3 is 0 Å². The summed E-state index contributed by atoms with van der Waals surface area (Å²) in [5.74, 6) is -9.67. The summed E-state index contributed by atoms with van der Waals surface area (Å²) in [7, 11) is 0.860. The van der Waals surface area contributed by atoms with Gasteiger partial charge in [0.05, 0.1) is 7.11 Å². The number of nitrogens with one attached hydrogen (secondary N) is 1. The molecule has 128 valence electrons. The molecule has 2 aromatic carbocycles. The Morgan fingerprint density at radius 2 is 1.38 bits per heavy atom. The molecule has 0 saturated carbocycles. The van der Waals surface area contributed by atoms with E-state index in [4.69, 9.17) is 0 Å². The van der Waals surface area contributed by atoms with Gasteiger partial charge in [-0.2, -0.15) is 8.78 Å². The number of benzene rings is 2. The molecule has 0 heterocycles. The van der Waals surface area contributed by atoms with Crippen molar-refractivity contribution < 1.29 is 27.1 Å². The number of ether oxygens (including phenoxy) is 1. The number of carbonyl (C=O) groups is 1. The lowest BCUT2D eigenvalue weighted by atomic mass is 10.0. The van der Waals surface area contributed by atoms with Crippen LogP contribution in [-0.4, -0.2) is 13.0 Å². The summed E-state index contributed by atoms with van der Waals surface area (Å²) in [6.07, 6.45) is 0. The minimum Gasteiger partial charge on any atom is -0.491 e. The van der Waals surface area contributed by atoms with Crippen molar-refractivity contribution in [1.82, 2.24) is 0 Å². The van der Waals surface area contributed by atoms with Crippen molar-refractivity contribution in [3.63, 3.8) is 0 Å². The highest BCUT2D eigenvalue weighted by molar-refractivity contribution is 6.05. The Kier molecular flexibility index (Phi) is 4.82. The zero-order chi connectivity index (χ0) is 18.2. The predicted octanol–water partition coefficient (Wildman–Crippen LogP) is 4.43. The smallest absolute Gasteiger partial charge is 0.261 e. The molecule has 0 aromatic heterocycles. The Morgan fingerprint density at radius 3 is 1.79 bits per heavy atom. The van der Waals surface area contributed by atoms with E-state index in [9.17, 15) is 22.4 Å². The third-order valence-electron chi connectivity index (χ3n) is 3.57. The van der Waals surface area contributed by atoms with E-state index in [0.29, 0.717) is 16.8 Å². The summed E-state index contributed by atoms with van der Waals surface area (Å²) in [4.78, 5) is 12.2. The van der Waals surface area contributed by atoms with E-state index < -0.39 is 40.5 Å². The monoisotopic (exact) mass is 341 g/mol. The van der Waals surface area contributed by atoms with Gasteiger partial charge in [-0.25, -0.2) is 8.78 Å². The summed E-state index contributed by atoms with van der Waals surface area (Å²) in [5, 5.41) is 2.30. The third-order valence-corrected chi connectivity index (χ3v) is 3.57. The number of aryl methyl sites for hydroxylation is 3. The third kappa shape index (κ3) is 2.93. The van der Waals surface area contributed by atoms with Crippen molar-refractivity contribution in [3.05, 3.63) is 57.7 Å². The van der Waals surface area contributed by atoms with Gasteiger partial charge in [-0.3, -0.25) is 4.79 Å². The quantitative estimate of drug-likeness (QED) is 0.663. The van der Waals surface area contributed by atoms with Gasteiger partial charge < -0.3 is 10.1 Å². The molecule has 0 bridgehead atoms. The molecule has 0 aliphatic heterocycles. The summed E-state index contributed by atoms with van der Waals surface area (Å²) in [5.41, 5.74) is 1.21. The SMILES string of the molecule is COc1c(F)c(F)c(C(=O)Nc2c(C)cc(C)cc2C)c(F)c1F. The Bertz CT molecular complexity index is 782. The van der Waals surface area contributed by atoms with Crippen molar-refractivity contribution in [2.75, 3.05) is 12.4 Å². The molecule has 0 aliphatic rings. The second kappa shape index (κ2) is 6.51. The number of methoxy groups -OCH3 is 1. The normalized spacial score (nSPS) is 10.7. The molecule has 0 radical (unpaired) electrons. The number of anilines is 1. The summed E-state index contributed by atoms with van der Waals surface area (Å²) >= 11 is 0. The van der Waals surface area contributed by atoms with Crippen LogP contribution in [0.2, 0.25) is 0 Å². The van der Waals surface area contributed by atoms with Crippen LogP contribution in [0, 0.1) is 44.0 Å². The van der Waals surface area contributed by atoms with Crippen molar-refractivity contribution in [2.45, 2.75) is 20.8 Å². The number of hydrogen-bond acceptors (Lipinski definition) is 2. The second-order valence-electron chi connectivity index (χ2n) is 5.39. The lowest BCUT2D eigenvalue weighted by Crippen LogP contribution is -2.20. The zero-order valence-electron chi connectivity index (χ0n) is 13.5. The molecule has 1 N–H and O–H groups in total. The highest BCUT2D eigenvalue weighted by atomic mass is 19.2. The van der Waals surface area contributed by atoms with Crippen LogP contribution in [0.3, 0.4) is 0 Å². The molecule has 0 aliphatic carbocycles. The average Bonchev–Trinajstić information content (AvgIpc) is 2.50. The number of hydrogen-bond donors (Lipinski definition) is 1. The first-order chi connectivity index (χ1) is 11.2. The number of amides is 1. The molecule has 2 aromatic rings. The maximum atomic E-state index is 14.0. The highest BCUT2D eigenvalue weighted by Gasteiger charge is 2.30. The van der Waals surface area contributed by atoms with Crippen LogP contribution in [0.1, 0.15) is 27.0 Å². The van der Waals surface area contributed by atoms with E-state index in [1.165, 1.54) is 0 Å². The van der Waals surface area contributed by atoms with Gasteiger partial charge in [-0.1, -0.05) is 17.7 Å². The summed E-state index contributed by atoms with van der Waals surface area (Å²) < 4.78 is 59.7. The first-order valence-electron chi connectivity index (χ1n) is 6.98. The van der Waals surface area contributed by atoms with Gasteiger partial charge in [0.2, 0.25) is 11.6 Å². The molecule has 7 heteroatoms. The first-order valence-corrected chi connectivity index (χ1v) is 6.98. The minimum absolute atomic E-state index is 0.320. The van der Waals surface area contributed by atoms with Gasteiger partial charge in [-0.05, 0) is 31.9 Å². The second-order valence-corrected chi connectivity index (χ2v) is 5.39. The minimum atomic E-state index is -1.81. The molecular weight excluding hydrogens is 326 g/mol. The number of carbonyl (C=O) groups excluding carboxylic acids is 1. The Balaban J connectivity index is 2.53. The van der Waals surface area contributed by atoms with E-state index >= 15 is 0 Å². The van der Waals surface area contributed by atoms with Crippen LogP contribution >= 0.6 is 0 Å². The fourth-order valence-corrected chi connectivity index (χ4v) is 2.54. The van der Waals surface area contributed by atoms with Gasteiger partial charge in [-0.15, -0.1) is 0 Å². The molecular formula is C17H15F4NO2. The Labute approximate surface area is 136 Å². The average molecular weight is 341 g/mol.